The zero-order valence-electron chi connectivity index (χ0n) is 15.3. The second-order valence-electron chi connectivity index (χ2n) is 6.31. The second kappa shape index (κ2) is 7.76. The molecule has 1 amide bonds. The van der Waals surface area contributed by atoms with Crippen molar-refractivity contribution in [2.45, 2.75) is 13.1 Å². The molecule has 0 aliphatic heterocycles. The molecule has 0 unspecified atom stereocenters. The highest BCUT2D eigenvalue weighted by molar-refractivity contribution is 5.99. The molecule has 0 saturated heterocycles. The summed E-state index contributed by atoms with van der Waals surface area (Å²) >= 11 is 0. The van der Waals surface area contributed by atoms with Gasteiger partial charge in [0.05, 0.1) is 7.11 Å². The van der Waals surface area contributed by atoms with Crippen molar-refractivity contribution in [3.63, 3.8) is 0 Å². The number of hydrogen-bond acceptors (Lipinski definition) is 2. The lowest BCUT2D eigenvalue weighted by molar-refractivity contribution is -0.167. The Balaban J connectivity index is 2.08. The first kappa shape index (κ1) is 19.5. The van der Waals surface area contributed by atoms with Crippen LogP contribution in [0, 0.1) is 6.92 Å². The minimum Gasteiger partial charge on any atom is -0.497 e. The van der Waals surface area contributed by atoms with E-state index in [2.05, 4.69) is 0 Å². The Morgan fingerprint density at radius 3 is 2.18 bits per heavy atom. The molecule has 0 atom stereocenters. The lowest BCUT2D eigenvalue weighted by Gasteiger charge is -2.15. The van der Waals surface area contributed by atoms with Gasteiger partial charge in [0.25, 0.3) is 0 Å². The Hall–Kier alpha value is -3.28. The number of hydrogen-bond donors (Lipinski definition) is 1. The maximum Gasteiger partial charge on any atom is 0.471 e. The summed E-state index contributed by atoms with van der Waals surface area (Å²) in [5, 5.41) is 1.95. The number of para-hydroxylation sites is 1. The average Bonchev–Trinajstić information content (AvgIpc) is 2.68. The molecule has 1 N–H and O–H groups in total. The fourth-order valence-corrected chi connectivity index (χ4v) is 2.82. The predicted molar refractivity (Wildman–Crippen MR) is 103 cm³/mol. The molecule has 0 heterocycles. The van der Waals surface area contributed by atoms with Gasteiger partial charge in [0.2, 0.25) is 0 Å². The first-order valence-electron chi connectivity index (χ1n) is 8.51. The lowest BCUT2D eigenvalue weighted by atomic mass is 9.97. The number of amides is 1. The van der Waals surface area contributed by atoms with Crippen molar-refractivity contribution in [2.75, 3.05) is 12.4 Å². The van der Waals surface area contributed by atoms with Crippen molar-refractivity contribution in [3.05, 3.63) is 72.3 Å². The van der Waals surface area contributed by atoms with E-state index in [-0.39, 0.29) is 5.69 Å². The van der Waals surface area contributed by atoms with E-state index in [9.17, 15) is 18.0 Å². The number of aryl methyl sites for hydroxylation is 1. The third-order valence-electron chi connectivity index (χ3n) is 4.27. The van der Waals surface area contributed by atoms with E-state index in [1.54, 1.807) is 24.3 Å². The van der Waals surface area contributed by atoms with Crippen LogP contribution in [0.1, 0.15) is 5.56 Å². The number of benzene rings is 3. The van der Waals surface area contributed by atoms with Crippen LogP contribution in [0.3, 0.4) is 0 Å². The van der Waals surface area contributed by atoms with E-state index in [1.807, 2.05) is 48.6 Å². The predicted octanol–water partition coefficient (Wildman–Crippen LogP) is 5.84. The lowest BCUT2D eigenvalue weighted by Crippen LogP contribution is -2.30. The smallest absolute Gasteiger partial charge is 0.471 e. The molecule has 3 aromatic rings. The number of carbonyl (C=O) groups excluding carboxylic acids is 1. The SMILES string of the molecule is COc1cc(-c2ccc(C)cc2)cc(-c2ccccc2NC(=O)C(F)(F)F)c1. The first-order chi connectivity index (χ1) is 13.3. The van der Waals surface area contributed by atoms with Crippen LogP contribution in [0.4, 0.5) is 18.9 Å². The van der Waals surface area contributed by atoms with Crippen molar-refractivity contribution >= 4 is 11.6 Å². The van der Waals surface area contributed by atoms with E-state index < -0.39 is 12.1 Å². The van der Waals surface area contributed by atoms with E-state index in [4.69, 9.17) is 4.74 Å². The van der Waals surface area contributed by atoms with Gasteiger partial charge in [-0.15, -0.1) is 0 Å². The average molecular weight is 385 g/mol. The molecule has 0 radical (unpaired) electrons. The molecule has 0 aliphatic carbocycles. The van der Waals surface area contributed by atoms with Gasteiger partial charge in [-0.3, -0.25) is 4.79 Å². The van der Waals surface area contributed by atoms with Crippen molar-refractivity contribution in [3.8, 4) is 28.0 Å². The number of carbonyl (C=O) groups is 1. The van der Waals surface area contributed by atoms with Crippen molar-refractivity contribution in [1.82, 2.24) is 0 Å². The highest BCUT2D eigenvalue weighted by Crippen LogP contribution is 2.35. The standard InChI is InChI=1S/C22H18F3NO2/c1-14-7-9-15(10-8-14)16-11-17(13-18(12-16)28-2)19-5-3-4-6-20(19)26-21(27)22(23,24)25/h3-13H,1-2H3,(H,26,27). The third kappa shape index (κ3) is 4.34. The molecule has 0 aromatic heterocycles. The summed E-state index contributed by atoms with van der Waals surface area (Å²) in [4.78, 5) is 11.4. The van der Waals surface area contributed by atoms with Gasteiger partial charge in [-0.05, 0) is 47.9 Å². The van der Waals surface area contributed by atoms with E-state index >= 15 is 0 Å². The molecule has 3 aromatic carbocycles. The van der Waals surface area contributed by atoms with Gasteiger partial charge in [0, 0.05) is 11.3 Å². The molecular weight excluding hydrogens is 367 g/mol. The fourth-order valence-electron chi connectivity index (χ4n) is 2.82. The molecule has 0 fully saturated rings. The molecule has 0 aliphatic rings. The Labute approximate surface area is 160 Å². The highest BCUT2D eigenvalue weighted by atomic mass is 19.4. The number of rotatable bonds is 4. The summed E-state index contributed by atoms with van der Waals surface area (Å²) in [5.41, 5.74) is 4.09. The van der Waals surface area contributed by atoms with Gasteiger partial charge in [-0.25, -0.2) is 0 Å². The zero-order valence-corrected chi connectivity index (χ0v) is 15.3. The molecule has 0 saturated carbocycles. The number of anilines is 1. The topological polar surface area (TPSA) is 38.3 Å². The van der Waals surface area contributed by atoms with Crippen molar-refractivity contribution in [2.24, 2.45) is 0 Å². The van der Waals surface area contributed by atoms with Gasteiger partial charge >= 0.3 is 12.1 Å². The molecule has 144 valence electrons. The summed E-state index contributed by atoms with van der Waals surface area (Å²) in [5.74, 6) is -1.45. The van der Waals surface area contributed by atoms with E-state index in [1.165, 1.54) is 13.2 Å². The Morgan fingerprint density at radius 2 is 1.54 bits per heavy atom. The molecule has 3 rings (SSSR count). The monoisotopic (exact) mass is 385 g/mol. The molecule has 6 heteroatoms. The quantitative estimate of drug-likeness (QED) is 0.613. The number of nitrogens with one attached hydrogen (secondary N) is 1. The van der Waals surface area contributed by atoms with Gasteiger partial charge < -0.3 is 10.1 Å². The third-order valence-corrected chi connectivity index (χ3v) is 4.27. The van der Waals surface area contributed by atoms with Crippen LogP contribution in [-0.2, 0) is 4.79 Å². The Morgan fingerprint density at radius 1 is 0.893 bits per heavy atom. The summed E-state index contributed by atoms with van der Waals surface area (Å²) in [6, 6.07) is 19.7. The molecule has 28 heavy (non-hydrogen) atoms. The van der Waals surface area contributed by atoms with Crippen LogP contribution in [0.5, 0.6) is 5.75 Å². The summed E-state index contributed by atoms with van der Waals surface area (Å²) in [6.45, 7) is 1.99. The van der Waals surface area contributed by atoms with Gasteiger partial charge in [-0.1, -0.05) is 48.0 Å². The summed E-state index contributed by atoms with van der Waals surface area (Å²) < 4.78 is 43.4. The molecule has 0 spiro atoms. The summed E-state index contributed by atoms with van der Waals surface area (Å²) in [7, 11) is 1.52. The van der Waals surface area contributed by atoms with Gasteiger partial charge in [0.15, 0.2) is 0 Å². The number of ether oxygens (including phenoxy) is 1. The largest absolute Gasteiger partial charge is 0.497 e. The molecule has 0 bridgehead atoms. The number of alkyl halides is 3. The van der Waals surface area contributed by atoms with Crippen LogP contribution in [0.2, 0.25) is 0 Å². The Bertz CT molecular complexity index is 995. The minimum absolute atomic E-state index is 0.0768. The van der Waals surface area contributed by atoms with Gasteiger partial charge in [-0.2, -0.15) is 13.2 Å². The summed E-state index contributed by atoms with van der Waals surface area (Å²) in [6.07, 6.45) is -4.96. The van der Waals surface area contributed by atoms with Crippen LogP contribution in [-0.4, -0.2) is 19.2 Å². The highest BCUT2D eigenvalue weighted by Gasteiger charge is 2.39. The maximum atomic E-state index is 12.7. The fraction of sp³-hybridized carbons (Fsp3) is 0.136. The van der Waals surface area contributed by atoms with E-state index in [0.717, 1.165) is 16.7 Å². The number of methoxy groups -OCH3 is 1. The van der Waals surface area contributed by atoms with Crippen LogP contribution < -0.4 is 10.1 Å². The number of halogens is 3. The molecular formula is C22H18F3NO2. The second-order valence-corrected chi connectivity index (χ2v) is 6.31. The van der Waals surface area contributed by atoms with Gasteiger partial charge in [0.1, 0.15) is 5.75 Å². The van der Waals surface area contributed by atoms with Crippen LogP contribution >= 0.6 is 0 Å². The van der Waals surface area contributed by atoms with Crippen molar-refractivity contribution in [1.29, 1.82) is 0 Å². The van der Waals surface area contributed by atoms with Crippen LogP contribution in [0.25, 0.3) is 22.3 Å². The zero-order chi connectivity index (χ0) is 20.3. The first-order valence-corrected chi connectivity index (χ1v) is 8.51. The van der Waals surface area contributed by atoms with Crippen molar-refractivity contribution < 1.29 is 22.7 Å². The maximum absolute atomic E-state index is 12.7. The van der Waals surface area contributed by atoms with E-state index in [0.29, 0.717) is 16.9 Å². The molecule has 3 nitrogen and oxygen atoms in total. The minimum atomic E-state index is -4.96. The normalized spacial score (nSPS) is 11.2. The van der Waals surface area contributed by atoms with Crippen LogP contribution in [0.15, 0.2) is 66.7 Å². The Kier molecular flexibility index (Phi) is 5.40.